The van der Waals surface area contributed by atoms with E-state index in [-0.39, 0.29) is 36.3 Å². The summed E-state index contributed by atoms with van der Waals surface area (Å²) in [5, 5.41) is 0.989. The van der Waals surface area contributed by atoms with E-state index < -0.39 is 5.82 Å². The van der Waals surface area contributed by atoms with Crippen molar-refractivity contribution in [2.45, 2.75) is 38.4 Å². The SMILES string of the molecule is C=CC(=O)N1C[C@@H](C)N(c2nc(=O)n3c4c(c(-c5ccccc5F)c(Cl)cc24)OCC3CN2CCC2)[C@@H](C)C1. The second kappa shape index (κ2) is 9.95. The van der Waals surface area contributed by atoms with Crippen molar-refractivity contribution in [1.82, 2.24) is 19.4 Å². The summed E-state index contributed by atoms with van der Waals surface area (Å²) in [6, 6.07) is 7.71. The van der Waals surface area contributed by atoms with Gasteiger partial charge in [0.05, 0.1) is 16.6 Å². The van der Waals surface area contributed by atoms with Crippen molar-refractivity contribution in [3.05, 3.63) is 64.3 Å². The molecule has 1 amide bonds. The number of aromatic nitrogens is 2. The van der Waals surface area contributed by atoms with Gasteiger partial charge in [-0.2, -0.15) is 4.98 Å². The van der Waals surface area contributed by atoms with Crippen molar-refractivity contribution in [3.8, 4) is 16.9 Å². The van der Waals surface area contributed by atoms with Crippen LogP contribution in [0.1, 0.15) is 26.3 Å². The fraction of sp³-hybridized carbons (Fsp3) is 0.414. The monoisotopic (exact) mass is 551 g/mol. The molecule has 0 saturated carbocycles. The number of halogens is 2. The molecule has 6 rings (SSSR count). The van der Waals surface area contributed by atoms with E-state index in [1.807, 2.05) is 13.8 Å². The van der Waals surface area contributed by atoms with Gasteiger partial charge >= 0.3 is 5.69 Å². The standard InChI is InChI=1S/C29H31ClFN5O3/c1-4-24(37)34-13-17(2)35(18(3)14-34)28-21-12-22(30)25(20-8-5-6-9-23(20)31)27-26(21)36(29(38)32-28)19(16-39-27)15-33-10-7-11-33/h4-6,8-9,12,17-19H,1,7,10-11,13-16H2,2-3H3/t17-,18+,19?. The number of likely N-dealkylation sites (tertiary alicyclic amines) is 1. The Morgan fingerprint density at radius 1 is 1.23 bits per heavy atom. The molecule has 2 fully saturated rings. The number of hydrogen-bond donors (Lipinski definition) is 0. The molecule has 204 valence electrons. The van der Waals surface area contributed by atoms with Gasteiger partial charge in [0.1, 0.15) is 18.2 Å². The molecular formula is C29H31ClFN5O3. The Morgan fingerprint density at radius 2 is 1.95 bits per heavy atom. The van der Waals surface area contributed by atoms with E-state index in [1.54, 1.807) is 33.7 Å². The summed E-state index contributed by atoms with van der Waals surface area (Å²) in [7, 11) is 0. The minimum atomic E-state index is -0.422. The van der Waals surface area contributed by atoms with E-state index >= 15 is 4.39 Å². The number of carbonyl (C=O) groups is 1. The number of benzene rings is 2. The summed E-state index contributed by atoms with van der Waals surface area (Å²) in [5.41, 5.74) is 0.945. The predicted octanol–water partition coefficient (Wildman–Crippen LogP) is 4.11. The molecule has 0 bridgehead atoms. The Labute approximate surface area is 231 Å². The minimum absolute atomic E-state index is 0.127. The quantitative estimate of drug-likeness (QED) is 0.445. The van der Waals surface area contributed by atoms with Gasteiger partial charge in [0, 0.05) is 48.2 Å². The molecule has 39 heavy (non-hydrogen) atoms. The molecule has 1 unspecified atom stereocenters. The van der Waals surface area contributed by atoms with Crippen LogP contribution in [0.4, 0.5) is 10.2 Å². The van der Waals surface area contributed by atoms with Gasteiger partial charge in [-0.05, 0) is 51.6 Å². The molecule has 2 saturated heterocycles. The lowest BCUT2D eigenvalue weighted by Crippen LogP contribution is -2.58. The molecule has 3 aliphatic rings. The van der Waals surface area contributed by atoms with Gasteiger partial charge in [0.25, 0.3) is 0 Å². The molecule has 4 heterocycles. The first-order valence-corrected chi connectivity index (χ1v) is 13.7. The normalized spacial score (nSPS) is 22.9. The Morgan fingerprint density at radius 3 is 2.59 bits per heavy atom. The third-order valence-corrected chi connectivity index (χ3v) is 8.39. The maximum Gasteiger partial charge on any atom is 0.350 e. The molecule has 3 aromatic rings. The summed E-state index contributed by atoms with van der Waals surface area (Å²) in [5.74, 6) is 0.338. The zero-order valence-corrected chi connectivity index (χ0v) is 22.8. The van der Waals surface area contributed by atoms with Crippen LogP contribution >= 0.6 is 11.6 Å². The van der Waals surface area contributed by atoms with Crippen LogP contribution in [0.25, 0.3) is 22.0 Å². The van der Waals surface area contributed by atoms with Gasteiger partial charge in [-0.3, -0.25) is 9.36 Å². The first kappa shape index (κ1) is 25.8. The van der Waals surface area contributed by atoms with E-state index in [1.165, 1.54) is 12.1 Å². The molecule has 0 spiro atoms. The summed E-state index contributed by atoms with van der Waals surface area (Å²) in [6.45, 7) is 11.4. The van der Waals surface area contributed by atoms with Crippen LogP contribution in [-0.2, 0) is 4.79 Å². The van der Waals surface area contributed by atoms with Crippen molar-refractivity contribution < 1.29 is 13.9 Å². The molecule has 0 N–H and O–H groups in total. The summed E-state index contributed by atoms with van der Waals surface area (Å²) in [6.07, 6.45) is 2.46. The van der Waals surface area contributed by atoms with Crippen molar-refractivity contribution in [2.75, 3.05) is 44.2 Å². The van der Waals surface area contributed by atoms with Gasteiger partial charge in [-0.1, -0.05) is 36.4 Å². The lowest BCUT2D eigenvalue weighted by atomic mass is 9.98. The molecule has 3 atom stereocenters. The van der Waals surface area contributed by atoms with Gasteiger partial charge in [-0.15, -0.1) is 0 Å². The number of hydrogen-bond acceptors (Lipinski definition) is 6. The van der Waals surface area contributed by atoms with Crippen molar-refractivity contribution >= 4 is 34.2 Å². The molecule has 0 aliphatic carbocycles. The van der Waals surface area contributed by atoms with Crippen LogP contribution < -0.4 is 15.3 Å². The highest BCUT2D eigenvalue weighted by Gasteiger charge is 2.37. The minimum Gasteiger partial charge on any atom is -0.488 e. The van der Waals surface area contributed by atoms with E-state index in [0.29, 0.717) is 58.3 Å². The fourth-order valence-electron chi connectivity index (χ4n) is 6.22. The first-order chi connectivity index (χ1) is 18.8. The van der Waals surface area contributed by atoms with Crippen molar-refractivity contribution in [2.24, 2.45) is 0 Å². The zero-order valence-electron chi connectivity index (χ0n) is 22.1. The largest absolute Gasteiger partial charge is 0.488 e. The average Bonchev–Trinajstić information content (AvgIpc) is 2.88. The van der Waals surface area contributed by atoms with Crippen LogP contribution in [0, 0.1) is 5.82 Å². The molecule has 2 aromatic carbocycles. The van der Waals surface area contributed by atoms with Crippen LogP contribution in [-0.4, -0.2) is 76.7 Å². The number of nitrogens with zero attached hydrogens (tertiary/aromatic N) is 5. The van der Waals surface area contributed by atoms with Crippen molar-refractivity contribution in [1.29, 1.82) is 0 Å². The number of piperazine rings is 1. The Balaban J connectivity index is 1.57. The van der Waals surface area contributed by atoms with Gasteiger partial charge in [0.15, 0.2) is 5.75 Å². The van der Waals surface area contributed by atoms with Crippen LogP contribution in [0.3, 0.4) is 0 Å². The van der Waals surface area contributed by atoms with Crippen molar-refractivity contribution in [3.63, 3.8) is 0 Å². The summed E-state index contributed by atoms with van der Waals surface area (Å²) in [4.78, 5) is 36.9. The second-order valence-electron chi connectivity index (χ2n) is 10.7. The molecule has 8 nitrogen and oxygen atoms in total. The molecule has 1 aromatic heterocycles. The number of rotatable bonds is 5. The Bertz CT molecular complexity index is 1530. The average molecular weight is 552 g/mol. The lowest BCUT2D eigenvalue weighted by molar-refractivity contribution is -0.127. The number of carbonyl (C=O) groups excluding carboxylic acids is 1. The van der Waals surface area contributed by atoms with Crippen LogP contribution in [0.2, 0.25) is 5.02 Å². The maximum atomic E-state index is 15.0. The van der Waals surface area contributed by atoms with E-state index in [2.05, 4.69) is 21.4 Å². The van der Waals surface area contributed by atoms with Gasteiger partial charge < -0.3 is 19.4 Å². The number of amides is 1. The highest BCUT2D eigenvalue weighted by molar-refractivity contribution is 6.35. The van der Waals surface area contributed by atoms with Gasteiger partial charge in [0.2, 0.25) is 5.91 Å². The smallest absolute Gasteiger partial charge is 0.350 e. The lowest BCUT2D eigenvalue weighted by Gasteiger charge is -2.45. The number of ether oxygens (including phenoxy) is 1. The molecule has 10 heteroatoms. The van der Waals surface area contributed by atoms with Gasteiger partial charge in [-0.25, -0.2) is 9.18 Å². The molecule has 3 aliphatic heterocycles. The maximum absolute atomic E-state index is 15.0. The molecular weight excluding hydrogens is 521 g/mol. The Kier molecular flexibility index (Phi) is 6.59. The summed E-state index contributed by atoms with van der Waals surface area (Å²) < 4.78 is 23.1. The highest BCUT2D eigenvalue weighted by Crippen LogP contribution is 2.47. The van der Waals surface area contributed by atoms with E-state index in [9.17, 15) is 9.59 Å². The predicted molar refractivity (Wildman–Crippen MR) is 150 cm³/mol. The first-order valence-electron chi connectivity index (χ1n) is 13.4. The van der Waals surface area contributed by atoms with E-state index in [4.69, 9.17) is 16.3 Å². The number of anilines is 1. The molecule has 0 radical (unpaired) electrons. The Hall–Kier alpha value is -3.43. The zero-order chi connectivity index (χ0) is 27.4. The fourth-order valence-corrected chi connectivity index (χ4v) is 6.51. The van der Waals surface area contributed by atoms with Crippen LogP contribution in [0.15, 0.2) is 47.8 Å². The third-order valence-electron chi connectivity index (χ3n) is 8.09. The van der Waals surface area contributed by atoms with Crippen LogP contribution in [0.5, 0.6) is 5.75 Å². The highest BCUT2D eigenvalue weighted by atomic mass is 35.5. The third kappa shape index (κ3) is 4.28. The second-order valence-corrected chi connectivity index (χ2v) is 11.1. The van der Waals surface area contributed by atoms with E-state index in [0.717, 1.165) is 19.5 Å². The topological polar surface area (TPSA) is 70.9 Å². The summed E-state index contributed by atoms with van der Waals surface area (Å²) >= 11 is 6.88.